The number of hydrogen-bond acceptors (Lipinski definition) is 5. The van der Waals surface area contributed by atoms with Crippen LogP contribution < -0.4 is 10.2 Å². The third kappa shape index (κ3) is 3.77. The van der Waals surface area contributed by atoms with Crippen molar-refractivity contribution in [3.8, 4) is 0 Å². The molecule has 5 nitrogen and oxygen atoms in total. The molecule has 31 heavy (non-hydrogen) atoms. The van der Waals surface area contributed by atoms with E-state index in [4.69, 9.17) is 9.72 Å². The number of nitrogens with one attached hydrogen (secondary N) is 1. The first-order valence-corrected chi connectivity index (χ1v) is 12.1. The quantitative estimate of drug-likeness (QED) is 0.823. The molecule has 5 heteroatoms. The van der Waals surface area contributed by atoms with Gasteiger partial charge in [-0.15, -0.1) is 0 Å². The Morgan fingerprint density at radius 2 is 1.94 bits per heavy atom. The van der Waals surface area contributed by atoms with Crippen molar-refractivity contribution in [3.05, 3.63) is 58.9 Å². The average Bonchev–Trinajstić information content (AvgIpc) is 3.15. The van der Waals surface area contributed by atoms with Crippen LogP contribution in [0, 0.1) is 0 Å². The lowest BCUT2D eigenvalue weighted by molar-refractivity contribution is 0.0304. The first kappa shape index (κ1) is 19.7. The summed E-state index contributed by atoms with van der Waals surface area (Å²) in [7, 11) is 2.29. The molecule has 4 heterocycles. The summed E-state index contributed by atoms with van der Waals surface area (Å²) >= 11 is 0. The van der Waals surface area contributed by atoms with Crippen LogP contribution in [0.25, 0.3) is 0 Å². The SMILES string of the molecule is CN(C[C@H]1Cc2c(cccc2N2C[C@H]3CC[C@@H](C2)O3)CN1)[C@H]1CCCc2cccnc21. The lowest BCUT2D eigenvalue weighted by atomic mass is 9.89. The first-order valence-electron chi connectivity index (χ1n) is 12.1. The minimum absolute atomic E-state index is 0.428. The molecule has 0 saturated carbocycles. The second kappa shape index (κ2) is 8.19. The Kier molecular flexibility index (Phi) is 5.21. The van der Waals surface area contributed by atoms with E-state index in [1.165, 1.54) is 54.6 Å². The normalized spacial score (nSPS) is 29.7. The Hall–Kier alpha value is -1.95. The van der Waals surface area contributed by atoms with Gasteiger partial charge in [0.05, 0.1) is 23.9 Å². The number of aromatic nitrogens is 1. The third-order valence-corrected chi connectivity index (χ3v) is 7.87. The number of fused-ring (bicyclic) bond motifs is 4. The molecule has 0 unspecified atom stereocenters. The number of hydrogen-bond donors (Lipinski definition) is 1. The standard InChI is InChI=1S/C26H34N4O/c1-29(25-9-2-5-18-7-4-12-27-26(18)25)15-20-13-23-19(14-28-20)6-3-8-24(23)30-16-21-10-11-22(17-30)31-21/h3-4,6-8,12,20-22,25,28H,2,5,9-11,13-17H2,1H3/t20-,21-,22+,25+/m1/s1. The van der Waals surface area contributed by atoms with Gasteiger partial charge in [-0.3, -0.25) is 9.88 Å². The zero-order valence-corrected chi connectivity index (χ0v) is 18.6. The van der Waals surface area contributed by atoms with Gasteiger partial charge in [-0.1, -0.05) is 18.2 Å². The van der Waals surface area contributed by atoms with Crippen molar-refractivity contribution in [1.29, 1.82) is 0 Å². The van der Waals surface area contributed by atoms with Crippen LogP contribution in [0.3, 0.4) is 0 Å². The van der Waals surface area contributed by atoms with Crippen molar-refractivity contribution in [1.82, 2.24) is 15.2 Å². The molecule has 2 saturated heterocycles. The largest absolute Gasteiger partial charge is 0.371 e. The minimum atomic E-state index is 0.428. The summed E-state index contributed by atoms with van der Waals surface area (Å²) in [6.07, 6.45) is 10.0. The maximum atomic E-state index is 6.10. The smallest absolute Gasteiger partial charge is 0.0755 e. The van der Waals surface area contributed by atoms with Crippen LogP contribution in [0.4, 0.5) is 5.69 Å². The van der Waals surface area contributed by atoms with Gasteiger partial charge in [0, 0.05) is 44.1 Å². The van der Waals surface area contributed by atoms with Crippen molar-refractivity contribution in [2.45, 2.75) is 69.4 Å². The fraction of sp³-hybridized carbons (Fsp3) is 0.577. The number of likely N-dealkylation sites (N-methyl/N-ethyl adjacent to an activating group) is 1. The Labute approximate surface area is 185 Å². The number of nitrogens with zero attached hydrogens (tertiary/aromatic N) is 3. The molecule has 4 atom stereocenters. The Bertz CT molecular complexity index is 935. The molecule has 4 aliphatic rings. The number of aryl methyl sites for hydroxylation is 1. The maximum Gasteiger partial charge on any atom is 0.0755 e. The van der Waals surface area contributed by atoms with Gasteiger partial charge in [-0.05, 0) is 74.4 Å². The Morgan fingerprint density at radius 3 is 2.81 bits per heavy atom. The fourth-order valence-electron chi connectivity index (χ4n) is 6.32. The second-order valence-corrected chi connectivity index (χ2v) is 9.95. The highest BCUT2D eigenvalue weighted by molar-refractivity contribution is 5.58. The van der Waals surface area contributed by atoms with Crippen molar-refractivity contribution >= 4 is 5.69 Å². The lowest BCUT2D eigenvalue weighted by Gasteiger charge is -2.39. The fourth-order valence-corrected chi connectivity index (χ4v) is 6.32. The van der Waals surface area contributed by atoms with Crippen molar-refractivity contribution < 1.29 is 4.74 Å². The molecule has 1 aromatic heterocycles. The topological polar surface area (TPSA) is 40.6 Å². The molecule has 1 aliphatic carbocycles. The maximum absolute atomic E-state index is 6.10. The average molecular weight is 419 g/mol. The summed E-state index contributed by atoms with van der Waals surface area (Å²) in [6.45, 7) is 4.13. The number of morpholine rings is 1. The third-order valence-electron chi connectivity index (χ3n) is 7.87. The lowest BCUT2D eigenvalue weighted by Crippen LogP contribution is -2.47. The van der Waals surface area contributed by atoms with Crippen molar-refractivity contribution in [3.63, 3.8) is 0 Å². The number of pyridine rings is 1. The first-order chi connectivity index (χ1) is 15.2. The van der Waals surface area contributed by atoms with Gasteiger partial charge in [0.1, 0.15) is 0 Å². The Morgan fingerprint density at radius 1 is 1.10 bits per heavy atom. The van der Waals surface area contributed by atoms with E-state index in [1.807, 2.05) is 6.20 Å². The summed E-state index contributed by atoms with van der Waals surface area (Å²) in [5, 5.41) is 3.82. The van der Waals surface area contributed by atoms with E-state index >= 15 is 0 Å². The molecule has 2 fully saturated rings. The van der Waals surface area contributed by atoms with Gasteiger partial charge in [0.15, 0.2) is 0 Å². The predicted molar refractivity (Wildman–Crippen MR) is 123 cm³/mol. The summed E-state index contributed by atoms with van der Waals surface area (Å²) < 4.78 is 6.10. The highest BCUT2D eigenvalue weighted by atomic mass is 16.5. The van der Waals surface area contributed by atoms with Crippen LogP contribution in [-0.2, 0) is 24.1 Å². The molecular weight excluding hydrogens is 384 g/mol. The molecule has 3 aliphatic heterocycles. The number of anilines is 1. The zero-order chi connectivity index (χ0) is 20.8. The zero-order valence-electron chi connectivity index (χ0n) is 18.6. The van der Waals surface area contributed by atoms with Gasteiger partial charge < -0.3 is 15.0 Å². The summed E-state index contributed by atoms with van der Waals surface area (Å²) in [5.41, 5.74) is 7.23. The second-order valence-electron chi connectivity index (χ2n) is 9.95. The van der Waals surface area contributed by atoms with Crippen molar-refractivity contribution in [2.75, 3.05) is 31.6 Å². The van der Waals surface area contributed by atoms with Crippen LogP contribution in [-0.4, -0.2) is 54.8 Å². The van der Waals surface area contributed by atoms with E-state index in [2.05, 4.69) is 52.5 Å². The molecular formula is C26H34N4O. The Balaban J connectivity index is 1.19. The van der Waals surface area contributed by atoms with Crippen LogP contribution in [0.2, 0.25) is 0 Å². The highest BCUT2D eigenvalue weighted by Crippen LogP contribution is 2.35. The summed E-state index contributed by atoms with van der Waals surface area (Å²) in [5.74, 6) is 0. The van der Waals surface area contributed by atoms with Gasteiger partial charge >= 0.3 is 0 Å². The molecule has 1 N–H and O–H groups in total. The molecule has 1 aromatic carbocycles. The van der Waals surface area contributed by atoms with Gasteiger partial charge in [0.2, 0.25) is 0 Å². The summed E-state index contributed by atoms with van der Waals surface area (Å²) in [4.78, 5) is 9.92. The van der Waals surface area contributed by atoms with Crippen molar-refractivity contribution in [2.24, 2.45) is 0 Å². The van der Waals surface area contributed by atoms with Gasteiger partial charge in [-0.25, -0.2) is 0 Å². The highest BCUT2D eigenvalue weighted by Gasteiger charge is 2.35. The minimum Gasteiger partial charge on any atom is -0.371 e. The van der Waals surface area contributed by atoms with E-state index < -0.39 is 0 Å². The molecule has 0 spiro atoms. The molecule has 0 radical (unpaired) electrons. The van der Waals surface area contributed by atoms with Crippen LogP contribution >= 0.6 is 0 Å². The summed E-state index contributed by atoms with van der Waals surface area (Å²) in [6, 6.07) is 12.2. The van der Waals surface area contributed by atoms with E-state index in [0.29, 0.717) is 24.3 Å². The van der Waals surface area contributed by atoms with E-state index in [9.17, 15) is 0 Å². The van der Waals surface area contributed by atoms with E-state index in [1.54, 1.807) is 5.56 Å². The molecule has 0 amide bonds. The number of ether oxygens (including phenoxy) is 1. The molecule has 6 rings (SSSR count). The molecule has 2 aromatic rings. The van der Waals surface area contributed by atoms with E-state index in [0.717, 1.165) is 32.6 Å². The molecule has 2 bridgehead atoms. The number of benzene rings is 1. The van der Waals surface area contributed by atoms with E-state index in [-0.39, 0.29) is 0 Å². The van der Waals surface area contributed by atoms with Gasteiger partial charge in [0.25, 0.3) is 0 Å². The predicted octanol–water partition coefficient (Wildman–Crippen LogP) is 3.47. The van der Waals surface area contributed by atoms with Crippen LogP contribution in [0.5, 0.6) is 0 Å². The van der Waals surface area contributed by atoms with Crippen LogP contribution in [0.15, 0.2) is 36.5 Å². The monoisotopic (exact) mass is 418 g/mol. The molecule has 164 valence electrons. The van der Waals surface area contributed by atoms with Gasteiger partial charge in [-0.2, -0.15) is 0 Å². The van der Waals surface area contributed by atoms with Crippen LogP contribution in [0.1, 0.15) is 54.1 Å². The number of rotatable bonds is 4.